The first-order chi connectivity index (χ1) is 11.9. The van der Waals surface area contributed by atoms with E-state index in [0.717, 1.165) is 16.1 Å². The van der Waals surface area contributed by atoms with Gasteiger partial charge in [0.05, 0.1) is 5.69 Å². The quantitative estimate of drug-likeness (QED) is 0.523. The molecule has 0 aliphatic heterocycles. The number of hydrogen-bond acceptors (Lipinski definition) is 3. The van der Waals surface area contributed by atoms with Gasteiger partial charge in [0.25, 0.3) is 0 Å². The number of para-hydroxylation sites is 1. The number of nitrogens with zero attached hydrogens (tertiary/aromatic N) is 3. The summed E-state index contributed by atoms with van der Waals surface area (Å²) in [6.07, 6.45) is -3.17. The van der Waals surface area contributed by atoms with Gasteiger partial charge < -0.3 is 5.73 Å². The summed E-state index contributed by atoms with van der Waals surface area (Å²) in [6, 6.07) is 10.0. The van der Waals surface area contributed by atoms with Crippen molar-refractivity contribution in [3.05, 3.63) is 60.2 Å². The first-order valence-corrected chi connectivity index (χ1v) is 7.25. The highest BCUT2D eigenvalue weighted by molar-refractivity contribution is 5.93. The van der Waals surface area contributed by atoms with Crippen LogP contribution in [0.3, 0.4) is 0 Å². The smallest absolute Gasteiger partial charge is 0.383 e. The standard InChI is InChI=1S/C17H10F4N4/c18-13-3-1-2-11-14(13)25(24-15(11)17(19,20)21)10-5-4-9-6-7-23-16(22)12(9)8-10/h1-8H,(H2,22,23). The third kappa shape index (κ3) is 2.37. The molecule has 2 N–H and O–H groups in total. The topological polar surface area (TPSA) is 56.7 Å². The highest BCUT2D eigenvalue weighted by Crippen LogP contribution is 2.36. The van der Waals surface area contributed by atoms with Crippen LogP contribution in [0.4, 0.5) is 23.4 Å². The number of pyridine rings is 1. The van der Waals surface area contributed by atoms with Crippen molar-refractivity contribution >= 4 is 27.5 Å². The van der Waals surface area contributed by atoms with Crippen LogP contribution < -0.4 is 5.73 Å². The SMILES string of the molecule is Nc1nccc2ccc(-n3nc(C(F)(F)F)c4cccc(F)c43)cc12. The lowest BCUT2D eigenvalue weighted by Crippen LogP contribution is -2.07. The summed E-state index contributed by atoms with van der Waals surface area (Å²) in [6.45, 7) is 0. The number of hydrogen-bond donors (Lipinski definition) is 1. The molecule has 0 atom stereocenters. The van der Waals surface area contributed by atoms with Gasteiger partial charge in [-0.25, -0.2) is 14.1 Å². The van der Waals surface area contributed by atoms with E-state index < -0.39 is 17.7 Å². The van der Waals surface area contributed by atoms with Gasteiger partial charge in [-0.15, -0.1) is 0 Å². The average molecular weight is 346 g/mol. The molecule has 0 saturated heterocycles. The minimum atomic E-state index is -4.70. The number of anilines is 1. The van der Waals surface area contributed by atoms with Gasteiger partial charge >= 0.3 is 6.18 Å². The normalized spacial score (nSPS) is 12.2. The molecule has 8 heteroatoms. The van der Waals surface area contributed by atoms with Gasteiger partial charge in [0.2, 0.25) is 0 Å². The molecule has 0 amide bonds. The molecule has 2 heterocycles. The first kappa shape index (κ1) is 15.4. The van der Waals surface area contributed by atoms with Gasteiger partial charge in [0, 0.05) is 17.0 Å². The zero-order chi connectivity index (χ0) is 17.8. The molecule has 0 fully saturated rings. The summed E-state index contributed by atoms with van der Waals surface area (Å²) in [5, 5.41) is 4.64. The van der Waals surface area contributed by atoms with Crippen LogP contribution >= 0.6 is 0 Å². The first-order valence-electron chi connectivity index (χ1n) is 7.25. The predicted molar refractivity (Wildman–Crippen MR) is 85.7 cm³/mol. The Balaban J connectivity index is 2.06. The van der Waals surface area contributed by atoms with Crippen LogP contribution in [0, 0.1) is 5.82 Å². The Morgan fingerprint density at radius 2 is 1.80 bits per heavy atom. The molecule has 25 heavy (non-hydrogen) atoms. The summed E-state index contributed by atoms with van der Waals surface area (Å²) in [7, 11) is 0. The fourth-order valence-electron chi connectivity index (χ4n) is 2.83. The highest BCUT2D eigenvalue weighted by Gasteiger charge is 2.37. The van der Waals surface area contributed by atoms with Crippen molar-refractivity contribution in [2.75, 3.05) is 5.73 Å². The summed E-state index contributed by atoms with van der Waals surface area (Å²) < 4.78 is 55.0. The van der Waals surface area contributed by atoms with Gasteiger partial charge in [-0.2, -0.15) is 18.3 Å². The maximum Gasteiger partial charge on any atom is 0.435 e. The fourth-order valence-corrected chi connectivity index (χ4v) is 2.83. The summed E-state index contributed by atoms with van der Waals surface area (Å²) in [4.78, 5) is 3.96. The van der Waals surface area contributed by atoms with E-state index in [2.05, 4.69) is 10.1 Å². The predicted octanol–water partition coefficient (Wildman–Crippen LogP) is 4.31. The van der Waals surface area contributed by atoms with Crippen LogP contribution in [0.5, 0.6) is 0 Å². The second-order valence-corrected chi connectivity index (χ2v) is 5.50. The highest BCUT2D eigenvalue weighted by atomic mass is 19.4. The monoisotopic (exact) mass is 346 g/mol. The Morgan fingerprint density at radius 1 is 1.00 bits per heavy atom. The van der Waals surface area contributed by atoms with Crippen LogP contribution in [-0.2, 0) is 6.18 Å². The third-order valence-electron chi connectivity index (χ3n) is 3.95. The second-order valence-electron chi connectivity index (χ2n) is 5.50. The van der Waals surface area contributed by atoms with Crippen molar-refractivity contribution in [3.63, 3.8) is 0 Å². The minimum absolute atomic E-state index is 0.229. The fraction of sp³-hybridized carbons (Fsp3) is 0.0588. The van der Waals surface area contributed by atoms with Crippen LogP contribution in [-0.4, -0.2) is 14.8 Å². The van der Waals surface area contributed by atoms with Gasteiger partial charge in [-0.1, -0.05) is 18.2 Å². The van der Waals surface area contributed by atoms with Crippen LogP contribution in [0.15, 0.2) is 48.7 Å². The lowest BCUT2D eigenvalue weighted by atomic mass is 10.1. The molecule has 0 spiro atoms. The molecule has 0 aliphatic rings. The van der Waals surface area contributed by atoms with E-state index in [4.69, 9.17) is 5.73 Å². The Hall–Kier alpha value is -3.16. The molecular formula is C17H10F4N4. The molecule has 4 rings (SSSR count). The van der Waals surface area contributed by atoms with Crippen LogP contribution in [0.1, 0.15) is 5.69 Å². The molecule has 0 aliphatic carbocycles. The molecule has 126 valence electrons. The Labute approximate surface area is 138 Å². The Bertz CT molecular complexity index is 1110. The zero-order valence-corrected chi connectivity index (χ0v) is 12.5. The number of alkyl halides is 3. The largest absolute Gasteiger partial charge is 0.435 e. The summed E-state index contributed by atoms with van der Waals surface area (Å²) in [5.74, 6) is -0.563. The van der Waals surface area contributed by atoms with Crippen molar-refractivity contribution in [1.29, 1.82) is 0 Å². The lowest BCUT2D eigenvalue weighted by molar-refractivity contribution is -0.140. The number of halogens is 4. The number of benzene rings is 2. The Morgan fingerprint density at radius 3 is 2.56 bits per heavy atom. The average Bonchev–Trinajstić information content (AvgIpc) is 2.96. The van der Waals surface area contributed by atoms with E-state index in [1.54, 1.807) is 18.2 Å². The van der Waals surface area contributed by atoms with Gasteiger partial charge in [0.15, 0.2) is 5.69 Å². The summed E-state index contributed by atoms with van der Waals surface area (Å²) in [5.41, 5.74) is 4.71. The maximum atomic E-state index is 14.3. The van der Waals surface area contributed by atoms with E-state index in [1.807, 2.05) is 0 Å². The molecule has 0 unspecified atom stereocenters. The van der Waals surface area contributed by atoms with Crippen LogP contribution in [0.2, 0.25) is 0 Å². The molecule has 2 aromatic heterocycles. The molecule has 2 aromatic carbocycles. The molecule has 0 radical (unpaired) electrons. The Kier molecular flexibility index (Phi) is 3.18. The van der Waals surface area contributed by atoms with E-state index in [-0.39, 0.29) is 22.4 Å². The van der Waals surface area contributed by atoms with Gasteiger partial charge in [0.1, 0.15) is 17.2 Å². The van der Waals surface area contributed by atoms with E-state index in [0.29, 0.717) is 5.39 Å². The molecule has 4 aromatic rings. The number of nitrogens with two attached hydrogens (primary N) is 1. The summed E-state index contributed by atoms with van der Waals surface area (Å²) >= 11 is 0. The maximum absolute atomic E-state index is 14.3. The van der Waals surface area contributed by atoms with Crippen molar-refractivity contribution in [3.8, 4) is 5.69 Å². The van der Waals surface area contributed by atoms with Crippen molar-refractivity contribution in [2.45, 2.75) is 6.18 Å². The van der Waals surface area contributed by atoms with Crippen molar-refractivity contribution in [2.24, 2.45) is 0 Å². The number of rotatable bonds is 1. The van der Waals surface area contributed by atoms with Gasteiger partial charge in [-0.3, -0.25) is 0 Å². The number of nitrogen functional groups attached to an aromatic ring is 1. The molecule has 4 nitrogen and oxygen atoms in total. The number of aromatic nitrogens is 3. The van der Waals surface area contributed by atoms with Gasteiger partial charge in [-0.05, 0) is 29.7 Å². The third-order valence-corrected chi connectivity index (χ3v) is 3.95. The molecule has 0 saturated carbocycles. The van der Waals surface area contributed by atoms with E-state index in [9.17, 15) is 17.6 Å². The lowest BCUT2D eigenvalue weighted by Gasteiger charge is -2.07. The van der Waals surface area contributed by atoms with Crippen molar-refractivity contribution < 1.29 is 17.6 Å². The van der Waals surface area contributed by atoms with E-state index in [1.165, 1.54) is 24.4 Å². The number of fused-ring (bicyclic) bond motifs is 2. The molecule has 0 bridgehead atoms. The van der Waals surface area contributed by atoms with Crippen LogP contribution in [0.25, 0.3) is 27.4 Å². The molecular weight excluding hydrogens is 336 g/mol. The zero-order valence-electron chi connectivity index (χ0n) is 12.5. The van der Waals surface area contributed by atoms with E-state index >= 15 is 0 Å². The second kappa shape index (κ2) is 5.17. The van der Waals surface area contributed by atoms with Crippen molar-refractivity contribution in [1.82, 2.24) is 14.8 Å². The minimum Gasteiger partial charge on any atom is -0.383 e.